The van der Waals surface area contributed by atoms with E-state index in [1.54, 1.807) is 36.4 Å². The maximum atomic E-state index is 12.6. The summed E-state index contributed by atoms with van der Waals surface area (Å²) in [5, 5.41) is 14.3. The Morgan fingerprint density at radius 2 is 2.07 bits per heavy atom. The van der Waals surface area contributed by atoms with E-state index in [1.807, 2.05) is 0 Å². The summed E-state index contributed by atoms with van der Waals surface area (Å²) in [6, 6.07) is 12.5. The third-order valence-electron chi connectivity index (χ3n) is 5.00. The van der Waals surface area contributed by atoms with Gasteiger partial charge >= 0.3 is 0 Å². The first-order chi connectivity index (χ1) is 14.1. The van der Waals surface area contributed by atoms with Gasteiger partial charge in [-0.1, -0.05) is 23.4 Å². The Morgan fingerprint density at radius 3 is 2.76 bits per heavy atom. The van der Waals surface area contributed by atoms with E-state index < -0.39 is 5.92 Å². The second kappa shape index (κ2) is 8.32. The van der Waals surface area contributed by atoms with Crippen LogP contribution in [0.5, 0.6) is 0 Å². The molecule has 4 rings (SSSR count). The van der Waals surface area contributed by atoms with Crippen molar-refractivity contribution >= 4 is 34.9 Å². The summed E-state index contributed by atoms with van der Waals surface area (Å²) >= 11 is 7.15. The van der Waals surface area contributed by atoms with Crippen LogP contribution in [0.4, 0.5) is 0 Å². The fourth-order valence-corrected chi connectivity index (χ4v) is 4.72. The summed E-state index contributed by atoms with van der Waals surface area (Å²) in [7, 11) is 0. The number of nitrogens with zero attached hydrogens (tertiary/aromatic N) is 1. The van der Waals surface area contributed by atoms with Gasteiger partial charge in [-0.05, 0) is 49.2 Å². The van der Waals surface area contributed by atoms with Crippen molar-refractivity contribution in [2.45, 2.75) is 25.2 Å². The molecule has 0 radical (unpaired) electrons. The van der Waals surface area contributed by atoms with Crippen LogP contribution in [0.15, 0.2) is 69.0 Å². The summed E-state index contributed by atoms with van der Waals surface area (Å²) in [5.74, 6) is 0.165. The maximum absolute atomic E-state index is 12.6. The quantitative estimate of drug-likeness (QED) is 0.681. The highest BCUT2D eigenvalue weighted by Gasteiger charge is 2.38. The molecule has 1 aromatic carbocycles. The monoisotopic (exact) mass is 424 g/mol. The molecule has 2 aliphatic rings. The van der Waals surface area contributed by atoms with Crippen LogP contribution in [-0.4, -0.2) is 17.3 Å². The Morgan fingerprint density at radius 1 is 1.28 bits per heavy atom. The number of thioether (sulfide) groups is 1. The molecule has 0 amide bonds. The third-order valence-corrected chi connectivity index (χ3v) is 6.27. The first kappa shape index (κ1) is 19.6. The predicted octanol–water partition coefficient (Wildman–Crippen LogP) is 4.98. The molecule has 0 fully saturated rings. The minimum atomic E-state index is -0.535. The van der Waals surface area contributed by atoms with Crippen LogP contribution >= 0.6 is 23.4 Å². The van der Waals surface area contributed by atoms with Gasteiger partial charge in [-0.25, -0.2) is 0 Å². The number of halogens is 1. The smallest absolute Gasteiger partial charge is 0.173 e. The van der Waals surface area contributed by atoms with Gasteiger partial charge < -0.3 is 9.73 Å². The number of dihydropyridines is 1. The number of hydrogen-bond donors (Lipinski definition) is 1. The number of nitrogens with one attached hydrogen (secondary N) is 1. The Hall–Kier alpha value is -2.75. The SMILES string of the molecule is N#CC1=C(SCC(=O)c2ccc(Cl)cc2)NC2=C(C(=O)CCC2)C1c1ccco1. The summed E-state index contributed by atoms with van der Waals surface area (Å²) in [6.45, 7) is 0. The molecule has 1 atom stereocenters. The number of ketones is 2. The summed E-state index contributed by atoms with van der Waals surface area (Å²) in [6.07, 6.45) is 3.50. The van der Waals surface area contributed by atoms with Gasteiger partial charge in [-0.3, -0.25) is 9.59 Å². The lowest BCUT2D eigenvalue weighted by atomic mass is 9.79. The van der Waals surface area contributed by atoms with Crippen molar-refractivity contribution in [3.8, 4) is 6.07 Å². The highest BCUT2D eigenvalue weighted by atomic mass is 35.5. The largest absolute Gasteiger partial charge is 0.468 e. The number of hydrogen-bond acceptors (Lipinski definition) is 6. The molecule has 1 aliphatic carbocycles. The molecule has 1 unspecified atom stereocenters. The highest BCUT2D eigenvalue weighted by Crippen LogP contribution is 2.44. The van der Waals surface area contributed by atoms with Crippen LogP contribution in [0.3, 0.4) is 0 Å². The first-order valence-electron chi connectivity index (χ1n) is 9.21. The Balaban J connectivity index is 1.64. The molecule has 5 nitrogen and oxygen atoms in total. The number of Topliss-reactive ketones (excluding diaryl/α,β-unsaturated/α-hetero) is 2. The molecule has 0 saturated carbocycles. The topological polar surface area (TPSA) is 83.1 Å². The summed E-state index contributed by atoms with van der Waals surface area (Å²) < 4.78 is 5.57. The molecule has 0 spiro atoms. The fourth-order valence-electron chi connectivity index (χ4n) is 3.63. The highest BCUT2D eigenvalue weighted by molar-refractivity contribution is 8.03. The molecule has 146 valence electrons. The van der Waals surface area contributed by atoms with E-state index in [2.05, 4.69) is 11.4 Å². The van der Waals surface area contributed by atoms with Crippen molar-refractivity contribution in [2.24, 2.45) is 0 Å². The normalized spacial score (nSPS) is 18.9. The molecule has 1 N–H and O–H groups in total. The van der Waals surface area contributed by atoms with E-state index in [0.717, 1.165) is 18.5 Å². The van der Waals surface area contributed by atoms with Gasteiger partial charge in [0.2, 0.25) is 0 Å². The van der Waals surface area contributed by atoms with Gasteiger partial charge in [0.1, 0.15) is 5.76 Å². The molecule has 2 aromatic rings. The lowest BCUT2D eigenvalue weighted by Crippen LogP contribution is -2.31. The summed E-state index contributed by atoms with van der Waals surface area (Å²) in [4.78, 5) is 25.2. The second-order valence-electron chi connectivity index (χ2n) is 6.82. The van der Waals surface area contributed by atoms with Gasteiger partial charge in [-0.2, -0.15) is 5.26 Å². The first-order valence-corrected chi connectivity index (χ1v) is 10.6. The van der Waals surface area contributed by atoms with Crippen LogP contribution in [0, 0.1) is 11.3 Å². The molecular weight excluding hydrogens is 408 g/mol. The van der Waals surface area contributed by atoms with Gasteiger partial charge in [-0.15, -0.1) is 0 Å². The third kappa shape index (κ3) is 3.89. The molecule has 29 heavy (non-hydrogen) atoms. The number of nitriles is 1. The zero-order valence-corrected chi connectivity index (χ0v) is 17.0. The Labute approximate surface area is 177 Å². The maximum Gasteiger partial charge on any atom is 0.173 e. The second-order valence-corrected chi connectivity index (χ2v) is 8.24. The average Bonchev–Trinajstić information content (AvgIpc) is 3.26. The average molecular weight is 425 g/mol. The van der Waals surface area contributed by atoms with E-state index in [0.29, 0.717) is 38.9 Å². The number of benzene rings is 1. The fraction of sp³-hybridized carbons (Fsp3) is 0.227. The van der Waals surface area contributed by atoms with Crippen LogP contribution in [-0.2, 0) is 4.79 Å². The molecule has 2 heterocycles. The van der Waals surface area contributed by atoms with Crippen molar-refractivity contribution in [3.05, 3.63) is 80.9 Å². The lowest BCUT2D eigenvalue weighted by molar-refractivity contribution is -0.116. The van der Waals surface area contributed by atoms with Crippen LogP contribution < -0.4 is 5.32 Å². The molecule has 0 saturated heterocycles. The Kier molecular flexibility index (Phi) is 5.61. The van der Waals surface area contributed by atoms with Gasteiger partial charge in [0, 0.05) is 28.3 Å². The van der Waals surface area contributed by atoms with E-state index in [4.69, 9.17) is 16.0 Å². The van der Waals surface area contributed by atoms with E-state index in [1.165, 1.54) is 18.0 Å². The standard InChI is InChI=1S/C22H17ClN2O3S/c23-14-8-6-13(7-9-14)18(27)12-29-22-15(11-24)20(19-5-2-10-28-19)21-16(25-22)3-1-4-17(21)26/h2,5-10,20,25H,1,3-4,12H2. The van der Waals surface area contributed by atoms with Crippen LogP contribution in [0.2, 0.25) is 5.02 Å². The molecule has 1 aliphatic heterocycles. The molecule has 0 bridgehead atoms. The van der Waals surface area contributed by atoms with Crippen molar-refractivity contribution in [1.82, 2.24) is 5.32 Å². The Bertz CT molecular complexity index is 1060. The van der Waals surface area contributed by atoms with Crippen LogP contribution in [0.1, 0.15) is 41.3 Å². The number of rotatable bonds is 5. The number of carbonyl (C=O) groups excluding carboxylic acids is 2. The zero-order chi connectivity index (χ0) is 20.4. The van der Waals surface area contributed by atoms with Crippen molar-refractivity contribution < 1.29 is 14.0 Å². The van der Waals surface area contributed by atoms with E-state index >= 15 is 0 Å². The zero-order valence-electron chi connectivity index (χ0n) is 15.4. The molecule has 7 heteroatoms. The minimum Gasteiger partial charge on any atom is -0.468 e. The molecule has 1 aromatic heterocycles. The summed E-state index contributed by atoms with van der Waals surface area (Å²) in [5.41, 5.74) is 2.40. The number of carbonyl (C=O) groups is 2. The predicted molar refractivity (Wildman–Crippen MR) is 111 cm³/mol. The van der Waals surface area contributed by atoms with Crippen molar-refractivity contribution in [3.63, 3.8) is 0 Å². The van der Waals surface area contributed by atoms with Gasteiger partial charge in [0.05, 0.1) is 34.6 Å². The van der Waals surface area contributed by atoms with Crippen LogP contribution in [0.25, 0.3) is 0 Å². The van der Waals surface area contributed by atoms with E-state index in [9.17, 15) is 14.9 Å². The number of furan rings is 1. The van der Waals surface area contributed by atoms with Crippen molar-refractivity contribution in [1.29, 1.82) is 5.26 Å². The van der Waals surface area contributed by atoms with E-state index in [-0.39, 0.29) is 17.3 Å². The molecular formula is C22H17ClN2O3S. The minimum absolute atomic E-state index is 0.0363. The van der Waals surface area contributed by atoms with Gasteiger partial charge in [0.25, 0.3) is 0 Å². The lowest BCUT2D eigenvalue weighted by Gasteiger charge is -2.32. The van der Waals surface area contributed by atoms with Gasteiger partial charge in [0.15, 0.2) is 11.6 Å². The number of allylic oxidation sites excluding steroid dienone is 3. The van der Waals surface area contributed by atoms with Crippen molar-refractivity contribution in [2.75, 3.05) is 5.75 Å².